The molecule has 3 aromatic heterocycles. The maximum Gasteiger partial charge on any atom is 3.00 e. The minimum atomic E-state index is -1.53. The van der Waals surface area contributed by atoms with E-state index in [2.05, 4.69) is 158 Å². The molecular formula is C50H29F4FeN4S. The van der Waals surface area contributed by atoms with E-state index in [1.165, 1.54) is 0 Å². The zero-order valence-electron chi connectivity index (χ0n) is 31.3. The molecule has 291 valence electrons. The summed E-state index contributed by atoms with van der Waals surface area (Å²) in [7, 11) is 0. The van der Waals surface area contributed by atoms with E-state index in [1.807, 2.05) is 24.3 Å². The Morgan fingerprint density at radius 3 is 0.867 bits per heavy atom. The van der Waals surface area contributed by atoms with E-state index in [9.17, 15) is 17.6 Å². The van der Waals surface area contributed by atoms with Gasteiger partial charge in [-0.25, -0.2) is 27.5 Å². The van der Waals surface area contributed by atoms with Gasteiger partial charge >= 0.3 is 17.1 Å². The number of benzene rings is 5. The third kappa shape index (κ3) is 7.72. The second-order valence-corrected chi connectivity index (χ2v) is 14.0. The van der Waals surface area contributed by atoms with Crippen molar-refractivity contribution in [2.45, 2.75) is 4.90 Å². The van der Waals surface area contributed by atoms with Crippen LogP contribution in [0.1, 0.15) is 22.8 Å². The average molecular weight is 850 g/mol. The van der Waals surface area contributed by atoms with E-state index < -0.39 is 28.2 Å². The Morgan fingerprint density at radius 2 is 0.617 bits per heavy atom. The monoisotopic (exact) mass is 849 g/mol. The summed E-state index contributed by atoms with van der Waals surface area (Å²) in [5, 5.41) is 0. The SMILES string of the molecule is C1=Cc2nc1c(-c1ccccc1)c1ccc([n-]1)c(-c1ccccc1)c1nc(c(-c3ccccc3)c3ccc([n-]3)c2-c2ccccc2)C=C1.Fc1cc(F)c(F)c([S-])c1F.[Fe+3]. The molecule has 8 aromatic rings. The smallest absolute Gasteiger partial charge is 0.774 e. The van der Waals surface area contributed by atoms with Crippen LogP contribution in [0, 0.1) is 23.3 Å². The van der Waals surface area contributed by atoms with Crippen LogP contribution in [-0.4, -0.2) is 9.97 Å². The summed E-state index contributed by atoms with van der Waals surface area (Å²) in [6, 6.07) is 50.1. The van der Waals surface area contributed by atoms with Crippen molar-refractivity contribution in [2.75, 3.05) is 0 Å². The largest absolute Gasteiger partial charge is 3.00 e. The van der Waals surface area contributed by atoms with E-state index in [-0.39, 0.29) is 23.1 Å². The Kier molecular flexibility index (Phi) is 11.4. The first-order valence-electron chi connectivity index (χ1n) is 18.6. The number of hydrogen-bond donors (Lipinski definition) is 0. The van der Waals surface area contributed by atoms with E-state index in [0.717, 1.165) is 89.4 Å². The Morgan fingerprint density at radius 1 is 0.367 bits per heavy atom. The molecule has 0 saturated heterocycles. The van der Waals surface area contributed by atoms with Crippen molar-refractivity contribution in [3.63, 3.8) is 0 Å². The van der Waals surface area contributed by atoms with Crippen LogP contribution in [0.2, 0.25) is 0 Å². The number of hydrogen-bond acceptors (Lipinski definition) is 3. The molecule has 0 unspecified atom stereocenters. The van der Waals surface area contributed by atoms with Crippen molar-refractivity contribution in [3.05, 3.63) is 198 Å². The van der Waals surface area contributed by atoms with Crippen LogP contribution in [-0.2, 0) is 29.7 Å². The van der Waals surface area contributed by atoms with Crippen LogP contribution < -0.4 is 9.97 Å². The van der Waals surface area contributed by atoms with Crippen LogP contribution >= 0.6 is 0 Å². The van der Waals surface area contributed by atoms with Gasteiger partial charge < -0.3 is 22.6 Å². The Hall–Kier alpha value is -6.84. The second-order valence-electron chi connectivity index (χ2n) is 13.6. The van der Waals surface area contributed by atoms with Gasteiger partial charge in [0.2, 0.25) is 0 Å². The molecule has 0 atom stereocenters. The number of nitrogens with zero attached hydrogens (tertiary/aromatic N) is 4. The third-order valence-corrected chi connectivity index (χ3v) is 10.3. The molecule has 60 heavy (non-hydrogen) atoms. The van der Waals surface area contributed by atoms with Crippen molar-refractivity contribution >= 4 is 59.0 Å². The summed E-state index contributed by atoms with van der Waals surface area (Å²) in [5.74, 6) is -6.01. The minimum absolute atomic E-state index is 0. The Bertz CT molecular complexity index is 2720. The van der Waals surface area contributed by atoms with Gasteiger partial charge in [-0.2, -0.15) is 0 Å². The molecule has 2 aliphatic rings. The molecule has 0 amide bonds. The quantitative estimate of drug-likeness (QED) is 0.0764. The van der Waals surface area contributed by atoms with Gasteiger partial charge in [-0.05, 0) is 68.8 Å². The first kappa shape index (κ1) is 40.0. The van der Waals surface area contributed by atoms with Crippen molar-refractivity contribution in [1.82, 2.24) is 19.9 Å². The van der Waals surface area contributed by atoms with E-state index >= 15 is 0 Å². The summed E-state index contributed by atoms with van der Waals surface area (Å²) in [4.78, 5) is 20.2. The van der Waals surface area contributed by atoms with Gasteiger partial charge in [-0.15, -0.1) is 22.1 Å². The predicted octanol–water partition coefficient (Wildman–Crippen LogP) is 12.7. The average Bonchev–Trinajstić information content (AvgIpc) is 4.12. The van der Waals surface area contributed by atoms with E-state index in [4.69, 9.17) is 19.9 Å². The van der Waals surface area contributed by atoms with Gasteiger partial charge in [0.15, 0.2) is 11.6 Å². The number of halogens is 4. The van der Waals surface area contributed by atoms with Gasteiger partial charge in [-0.1, -0.05) is 150 Å². The van der Waals surface area contributed by atoms with Crippen molar-refractivity contribution in [2.24, 2.45) is 0 Å². The van der Waals surface area contributed by atoms with Crippen molar-refractivity contribution < 1.29 is 34.6 Å². The van der Waals surface area contributed by atoms with E-state index in [0.29, 0.717) is 0 Å². The molecule has 0 spiro atoms. The van der Waals surface area contributed by atoms with Gasteiger partial charge in [0.05, 0.1) is 22.8 Å². The number of rotatable bonds is 4. The van der Waals surface area contributed by atoms with Gasteiger partial charge in [-0.3, -0.25) is 0 Å². The number of fused-ring (bicyclic) bond motifs is 8. The molecule has 5 heterocycles. The third-order valence-electron chi connectivity index (χ3n) is 9.93. The van der Waals surface area contributed by atoms with Crippen molar-refractivity contribution in [1.29, 1.82) is 0 Å². The van der Waals surface area contributed by atoms with Crippen LogP contribution in [0.25, 0.3) is 90.9 Å². The maximum atomic E-state index is 12.3. The first-order valence-corrected chi connectivity index (χ1v) is 19.0. The predicted molar refractivity (Wildman–Crippen MR) is 230 cm³/mol. The normalized spacial score (nSPS) is 11.5. The fourth-order valence-electron chi connectivity index (χ4n) is 7.24. The molecule has 4 nitrogen and oxygen atoms in total. The molecule has 5 aromatic carbocycles. The van der Waals surface area contributed by atoms with Gasteiger partial charge in [0, 0.05) is 6.07 Å². The van der Waals surface area contributed by atoms with Gasteiger partial charge in [0.25, 0.3) is 0 Å². The summed E-state index contributed by atoms with van der Waals surface area (Å²) < 4.78 is 48.9. The van der Waals surface area contributed by atoms with Crippen LogP contribution in [0.15, 0.2) is 157 Å². The summed E-state index contributed by atoms with van der Waals surface area (Å²) in [6.45, 7) is 0. The zero-order valence-corrected chi connectivity index (χ0v) is 33.2. The van der Waals surface area contributed by atoms with Crippen LogP contribution in [0.3, 0.4) is 0 Å². The molecular weight excluding hydrogens is 820 g/mol. The molecule has 10 heteroatoms. The van der Waals surface area contributed by atoms with Crippen LogP contribution in [0.4, 0.5) is 17.6 Å². The summed E-state index contributed by atoms with van der Waals surface area (Å²) >= 11 is 4.04. The minimum Gasteiger partial charge on any atom is -0.774 e. The first-order chi connectivity index (χ1) is 28.8. The Labute approximate surface area is 359 Å². The molecule has 0 N–H and O–H groups in total. The summed E-state index contributed by atoms with van der Waals surface area (Å²) in [5.41, 5.74) is 15.0. The molecule has 8 bridgehead atoms. The molecule has 2 aliphatic heterocycles. The fourth-order valence-corrected chi connectivity index (χ4v) is 7.44. The van der Waals surface area contributed by atoms with E-state index in [1.54, 1.807) is 0 Å². The fraction of sp³-hybridized carbons (Fsp3) is 0. The van der Waals surface area contributed by atoms with Gasteiger partial charge in [0.1, 0.15) is 11.6 Å². The summed E-state index contributed by atoms with van der Waals surface area (Å²) in [6.07, 6.45) is 8.41. The maximum absolute atomic E-state index is 12.3. The van der Waals surface area contributed by atoms with Crippen molar-refractivity contribution in [3.8, 4) is 44.5 Å². The zero-order chi connectivity index (χ0) is 40.5. The molecule has 10 rings (SSSR count). The topological polar surface area (TPSA) is 54.0 Å². The molecule has 0 aliphatic carbocycles. The number of aromatic nitrogens is 4. The molecule has 1 radical (unpaired) electrons. The Balaban J connectivity index is 0.000000364. The standard InChI is InChI=1S/C44H28N4.C6H2F4S.Fe/c1-5-13-29(14-6-1)41-33-21-23-35(45-33)42(30-15-7-2-8-16-30)37-25-27-39(47-37)44(32-19-11-4-12-20-32)40-28-26-38(48-40)43(31-17-9-3-10-18-31)36-24-22-34(41)46-36;7-2-1-3(8)5(10)6(11)4(2)9;/h1-28H;1,11H;/q-2;;+3/p-1. The second kappa shape index (κ2) is 17.2. The molecule has 0 fully saturated rings. The molecule has 0 saturated carbocycles. The van der Waals surface area contributed by atoms with Crippen LogP contribution in [0.5, 0.6) is 0 Å².